The highest BCUT2D eigenvalue weighted by Gasteiger charge is 2.27. The van der Waals surface area contributed by atoms with Gasteiger partial charge in [-0.05, 0) is 31.0 Å². The van der Waals surface area contributed by atoms with Crippen LogP contribution in [0.2, 0.25) is 0 Å². The number of nitrogens with one attached hydrogen (secondary N) is 1. The predicted octanol–water partition coefficient (Wildman–Crippen LogP) is 1.56. The minimum absolute atomic E-state index is 0.00209. The van der Waals surface area contributed by atoms with E-state index in [1.54, 1.807) is 18.5 Å². The first-order valence-corrected chi connectivity index (χ1v) is 9.41. The van der Waals surface area contributed by atoms with Crippen LogP contribution in [-0.2, 0) is 9.53 Å². The number of amides is 1. The van der Waals surface area contributed by atoms with Gasteiger partial charge >= 0.3 is 0 Å². The summed E-state index contributed by atoms with van der Waals surface area (Å²) in [6, 6.07) is 5.66. The molecule has 2 aliphatic rings. The Morgan fingerprint density at radius 2 is 1.89 bits per heavy atom. The summed E-state index contributed by atoms with van der Waals surface area (Å²) in [7, 11) is 0. The molecular formula is C19H24N6O2. The maximum atomic E-state index is 12.7. The zero-order chi connectivity index (χ0) is 18.5. The average molecular weight is 368 g/mol. The van der Waals surface area contributed by atoms with E-state index >= 15 is 0 Å². The molecule has 8 heteroatoms. The molecule has 4 rings (SSSR count). The summed E-state index contributed by atoms with van der Waals surface area (Å²) in [6.07, 6.45) is 7.07. The van der Waals surface area contributed by atoms with Crippen molar-refractivity contribution in [3.05, 3.63) is 36.8 Å². The molecular weight excluding hydrogens is 344 g/mol. The first-order valence-electron chi connectivity index (χ1n) is 9.41. The number of piperidine rings is 1. The number of pyridine rings is 1. The number of rotatable bonds is 4. The topological polar surface area (TPSA) is 83.5 Å². The van der Waals surface area contributed by atoms with E-state index in [4.69, 9.17) is 4.74 Å². The van der Waals surface area contributed by atoms with Gasteiger partial charge in [-0.2, -0.15) is 0 Å². The van der Waals surface area contributed by atoms with Crippen molar-refractivity contribution in [3.63, 3.8) is 0 Å². The molecule has 0 bridgehead atoms. The first kappa shape index (κ1) is 17.7. The van der Waals surface area contributed by atoms with Crippen molar-refractivity contribution < 1.29 is 9.53 Å². The van der Waals surface area contributed by atoms with Gasteiger partial charge in [0, 0.05) is 38.6 Å². The maximum absolute atomic E-state index is 12.7. The van der Waals surface area contributed by atoms with E-state index in [2.05, 4.69) is 30.1 Å². The van der Waals surface area contributed by atoms with Gasteiger partial charge in [-0.25, -0.2) is 15.0 Å². The van der Waals surface area contributed by atoms with Gasteiger partial charge in [0.1, 0.15) is 5.82 Å². The Kier molecular flexibility index (Phi) is 5.43. The fraction of sp³-hybridized carbons (Fsp3) is 0.474. The van der Waals surface area contributed by atoms with E-state index in [0.717, 1.165) is 51.4 Å². The molecule has 2 saturated heterocycles. The molecule has 0 spiro atoms. The molecule has 2 aromatic rings. The van der Waals surface area contributed by atoms with E-state index < -0.39 is 0 Å². The molecule has 0 aliphatic carbocycles. The quantitative estimate of drug-likeness (QED) is 0.877. The van der Waals surface area contributed by atoms with Gasteiger partial charge in [0.2, 0.25) is 11.9 Å². The number of nitrogens with zero attached hydrogens (tertiary/aromatic N) is 5. The lowest BCUT2D eigenvalue weighted by molar-refractivity contribution is -0.120. The monoisotopic (exact) mass is 368 g/mol. The van der Waals surface area contributed by atoms with Gasteiger partial charge in [-0.1, -0.05) is 0 Å². The van der Waals surface area contributed by atoms with E-state index in [1.807, 2.05) is 18.3 Å². The van der Waals surface area contributed by atoms with Crippen molar-refractivity contribution in [2.75, 3.05) is 54.5 Å². The van der Waals surface area contributed by atoms with Gasteiger partial charge in [0.25, 0.3) is 0 Å². The standard InChI is InChI=1S/C19H24N6O2/c26-18(15-3-1-8-25(14-15)19-20-6-2-7-21-19)23-17-5-4-16(13-22-17)24-9-11-27-12-10-24/h2,4-7,13,15H,1,3,8-12,14H2,(H,22,23,26). The molecule has 2 fully saturated rings. The predicted molar refractivity (Wildman–Crippen MR) is 103 cm³/mol. The van der Waals surface area contributed by atoms with Crippen LogP contribution in [0.4, 0.5) is 17.5 Å². The third-order valence-corrected chi connectivity index (χ3v) is 5.00. The summed E-state index contributed by atoms with van der Waals surface area (Å²) in [4.78, 5) is 30.0. The summed E-state index contributed by atoms with van der Waals surface area (Å²) >= 11 is 0. The van der Waals surface area contributed by atoms with Crippen LogP contribution in [-0.4, -0.2) is 60.3 Å². The zero-order valence-electron chi connectivity index (χ0n) is 15.3. The number of hydrogen-bond donors (Lipinski definition) is 1. The van der Waals surface area contributed by atoms with Crippen molar-refractivity contribution in [1.82, 2.24) is 15.0 Å². The smallest absolute Gasteiger partial charge is 0.230 e. The zero-order valence-corrected chi connectivity index (χ0v) is 15.3. The van der Waals surface area contributed by atoms with Crippen LogP contribution < -0.4 is 15.1 Å². The molecule has 4 heterocycles. The molecule has 1 amide bonds. The van der Waals surface area contributed by atoms with Crippen LogP contribution in [0, 0.1) is 5.92 Å². The Hall–Kier alpha value is -2.74. The Bertz CT molecular complexity index is 749. The third kappa shape index (κ3) is 4.33. The van der Waals surface area contributed by atoms with Crippen LogP contribution in [0.3, 0.4) is 0 Å². The van der Waals surface area contributed by atoms with Crippen LogP contribution in [0.1, 0.15) is 12.8 Å². The Labute approximate surface area is 158 Å². The van der Waals surface area contributed by atoms with Crippen molar-refractivity contribution in [1.29, 1.82) is 0 Å². The minimum Gasteiger partial charge on any atom is -0.378 e. The van der Waals surface area contributed by atoms with Gasteiger partial charge < -0.3 is 19.9 Å². The van der Waals surface area contributed by atoms with Gasteiger partial charge in [-0.15, -0.1) is 0 Å². The first-order chi connectivity index (χ1) is 13.3. The highest BCUT2D eigenvalue weighted by Crippen LogP contribution is 2.22. The van der Waals surface area contributed by atoms with Crippen molar-refractivity contribution >= 4 is 23.4 Å². The molecule has 2 aliphatic heterocycles. The highest BCUT2D eigenvalue weighted by atomic mass is 16.5. The van der Waals surface area contributed by atoms with Gasteiger partial charge in [0.05, 0.1) is 31.0 Å². The molecule has 142 valence electrons. The lowest BCUT2D eigenvalue weighted by Crippen LogP contribution is -2.41. The number of anilines is 3. The largest absolute Gasteiger partial charge is 0.378 e. The molecule has 1 atom stereocenters. The van der Waals surface area contributed by atoms with Crippen LogP contribution in [0.15, 0.2) is 36.8 Å². The van der Waals surface area contributed by atoms with Crippen LogP contribution in [0.5, 0.6) is 0 Å². The lowest BCUT2D eigenvalue weighted by Gasteiger charge is -2.31. The van der Waals surface area contributed by atoms with E-state index in [9.17, 15) is 4.79 Å². The fourth-order valence-electron chi connectivity index (χ4n) is 3.52. The summed E-state index contributed by atoms with van der Waals surface area (Å²) in [5, 5.41) is 2.95. The number of morpholine rings is 1. The fourth-order valence-corrected chi connectivity index (χ4v) is 3.52. The Morgan fingerprint density at radius 1 is 1.07 bits per heavy atom. The van der Waals surface area contributed by atoms with Gasteiger partial charge in [-0.3, -0.25) is 4.79 Å². The minimum atomic E-state index is -0.0942. The van der Waals surface area contributed by atoms with E-state index in [1.165, 1.54) is 0 Å². The van der Waals surface area contributed by atoms with Gasteiger partial charge in [0.15, 0.2) is 0 Å². The van der Waals surface area contributed by atoms with Crippen LogP contribution >= 0.6 is 0 Å². The second kappa shape index (κ2) is 8.30. The summed E-state index contributed by atoms with van der Waals surface area (Å²) in [5.41, 5.74) is 1.06. The van der Waals surface area contributed by atoms with E-state index in [-0.39, 0.29) is 11.8 Å². The van der Waals surface area contributed by atoms with E-state index in [0.29, 0.717) is 18.3 Å². The second-order valence-electron chi connectivity index (χ2n) is 6.82. The summed E-state index contributed by atoms with van der Waals surface area (Å²) in [5.74, 6) is 1.18. The SMILES string of the molecule is O=C(Nc1ccc(N2CCOCC2)cn1)C1CCCN(c2ncccn2)C1. The molecule has 0 radical (unpaired) electrons. The number of hydrogen-bond acceptors (Lipinski definition) is 7. The average Bonchev–Trinajstić information content (AvgIpc) is 2.75. The molecule has 0 aromatic carbocycles. The van der Waals surface area contributed by atoms with Crippen molar-refractivity contribution in [3.8, 4) is 0 Å². The number of carbonyl (C=O) groups is 1. The lowest BCUT2D eigenvalue weighted by atomic mass is 9.97. The Morgan fingerprint density at radius 3 is 2.63 bits per heavy atom. The maximum Gasteiger partial charge on any atom is 0.230 e. The second-order valence-corrected chi connectivity index (χ2v) is 6.82. The molecule has 2 aromatic heterocycles. The number of aromatic nitrogens is 3. The number of ether oxygens (including phenoxy) is 1. The van der Waals surface area contributed by atoms with Crippen molar-refractivity contribution in [2.45, 2.75) is 12.8 Å². The molecule has 8 nitrogen and oxygen atoms in total. The summed E-state index contributed by atoms with van der Waals surface area (Å²) < 4.78 is 5.37. The van der Waals surface area contributed by atoms with Crippen molar-refractivity contribution in [2.24, 2.45) is 5.92 Å². The third-order valence-electron chi connectivity index (χ3n) is 5.00. The number of carbonyl (C=O) groups excluding carboxylic acids is 1. The highest BCUT2D eigenvalue weighted by molar-refractivity contribution is 5.92. The summed E-state index contributed by atoms with van der Waals surface area (Å²) in [6.45, 7) is 4.71. The molecule has 1 N–H and O–H groups in total. The van der Waals surface area contributed by atoms with Crippen LogP contribution in [0.25, 0.3) is 0 Å². The normalized spacial score (nSPS) is 20.4. The molecule has 27 heavy (non-hydrogen) atoms. The molecule has 1 unspecified atom stereocenters. The Balaban J connectivity index is 1.35. The molecule has 0 saturated carbocycles.